The number of amides is 1. The molecule has 0 saturated heterocycles. The van der Waals surface area contributed by atoms with Gasteiger partial charge >= 0.3 is 0 Å². The summed E-state index contributed by atoms with van der Waals surface area (Å²) in [6, 6.07) is 14.4. The van der Waals surface area contributed by atoms with Gasteiger partial charge in [-0.2, -0.15) is 0 Å². The molecule has 1 heterocycles. The van der Waals surface area contributed by atoms with E-state index < -0.39 is 0 Å². The van der Waals surface area contributed by atoms with Gasteiger partial charge < -0.3 is 10.3 Å². The smallest absolute Gasteiger partial charge is 0.259 e. The topological polar surface area (TPSA) is 74.8 Å². The second-order valence-corrected chi connectivity index (χ2v) is 4.69. The molecule has 0 fully saturated rings. The number of rotatable bonds is 2. The summed E-state index contributed by atoms with van der Waals surface area (Å²) >= 11 is 0. The Labute approximate surface area is 120 Å². The van der Waals surface area contributed by atoms with E-state index in [4.69, 9.17) is 0 Å². The quantitative estimate of drug-likeness (QED) is 0.757. The minimum Gasteiger partial charge on any atom is -0.326 e. The zero-order valence-electron chi connectivity index (χ0n) is 11.4. The highest BCUT2D eigenvalue weighted by Gasteiger charge is 2.06. The number of aromatic amines is 1. The first-order chi connectivity index (χ1) is 10.1. The lowest BCUT2D eigenvalue weighted by atomic mass is 10.1. The summed E-state index contributed by atoms with van der Waals surface area (Å²) < 4.78 is 0. The van der Waals surface area contributed by atoms with Crippen molar-refractivity contribution in [2.75, 3.05) is 5.32 Å². The zero-order valence-corrected chi connectivity index (χ0v) is 11.4. The average Bonchev–Trinajstić information content (AvgIpc) is 2.47. The molecule has 21 heavy (non-hydrogen) atoms. The Morgan fingerprint density at radius 1 is 1.14 bits per heavy atom. The molecule has 5 heteroatoms. The maximum atomic E-state index is 12.1. The molecular formula is C16H13N3O2. The van der Waals surface area contributed by atoms with Crippen molar-refractivity contribution < 1.29 is 4.79 Å². The Kier molecular flexibility index (Phi) is 3.23. The normalized spacial score (nSPS) is 10.5. The van der Waals surface area contributed by atoms with Crippen LogP contribution in [0.25, 0.3) is 22.3 Å². The Bertz CT molecular complexity index is 884. The lowest BCUT2D eigenvalue weighted by Crippen LogP contribution is -2.10. The second kappa shape index (κ2) is 5.20. The molecule has 5 nitrogen and oxygen atoms in total. The van der Waals surface area contributed by atoms with E-state index in [9.17, 15) is 9.59 Å². The highest BCUT2D eigenvalue weighted by Crippen LogP contribution is 2.20. The predicted molar refractivity (Wildman–Crippen MR) is 82.1 cm³/mol. The van der Waals surface area contributed by atoms with Crippen molar-refractivity contribution in [3.63, 3.8) is 0 Å². The van der Waals surface area contributed by atoms with E-state index in [0.717, 1.165) is 5.56 Å². The monoisotopic (exact) mass is 279 g/mol. The largest absolute Gasteiger partial charge is 0.326 e. The minimum absolute atomic E-state index is 0.146. The van der Waals surface area contributed by atoms with Gasteiger partial charge in [0.1, 0.15) is 5.82 Å². The van der Waals surface area contributed by atoms with Crippen LogP contribution >= 0.6 is 0 Å². The summed E-state index contributed by atoms with van der Waals surface area (Å²) in [5.41, 5.74) is 1.86. The first-order valence-electron chi connectivity index (χ1n) is 6.50. The van der Waals surface area contributed by atoms with Crippen molar-refractivity contribution >= 4 is 22.5 Å². The predicted octanol–water partition coefficient (Wildman–Crippen LogP) is 2.55. The van der Waals surface area contributed by atoms with Gasteiger partial charge in [0, 0.05) is 18.2 Å². The van der Waals surface area contributed by atoms with Crippen LogP contribution in [0.3, 0.4) is 0 Å². The maximum Gasteiger partial charge on any atom is 0.259 e. The van der Waals surface area contributed by atoms with Crippen LogP contribution < -0.4 is 10.9 Å². The van der Waals surface area contributed by atoms with Crippen LogP contribution in [-0.2, 0) is 4.79 Å². The SMILES string of the molecule is CC(=O)Nc1cccc(-c2nc3ccccc3c(=O)[nH]2)c1. The summed E-state index contributed by atoms with van der Waals surface area (Å²) in [7, 11) is 0. The molecule has 3 aromatic rings. The molecule has 3 rings (SSSR count). The summed E-state index contributed by atoms with van der Waals surface area (Å²) in [6.45, 7) is 1.45. The van der Waals surface area contributed by atoms with Gasteiger partial charge in [-0.05, 0) is 24.3 Å². The van der Waals surface area contributed by atoms with Crippen LogP contribution in [0.1, 0.15) is 6.92 Å². The van der Waals surface area contributed by atoms with Gasteiger partial charge in [-0.15, -0.1) is 0 Å². The lowest BCUT2D eigenvalue weighted by Gasteiger charge is -2.06. The van der Waals surface area contributed by atoms with Crippen LogP contribution in [0.2, 0.25) is 0 Å². The summed E-state index contributed by atoms with van der Waals surface area (Å²) in [6.07, 6.45) is 0. The molecule has 2 aromatic carbocycles. The number of carbonyl (C=O) groups is 1. The molecule has 1 amide bonds. The number of H-pyrrole nitrogens is 1. The van der Waals surface area contributed by atoms with Crippen molar-refractivity contribution in [3.05, 3.63) is 58.9 Å². The van der Waals surface area contributed by atoms with Crippen molar-refractivity contribution in [2.24, 2.45) is 0 Å². The van der Waals surface area contributed by atoms with Crippen LogP contribution in [-0.4, -0.2) is 15.9 Å². The van der Waals surface area contributed by atoms with Gasteiger partial charge in [-0.25, -0.2) is 4.98 Å². The van der Waals surface area contributed by atoms with Crippen molar-refractivity contribution in [2.45, 2.75) is 6.92 Å². The van der Waals surface area contributed by atoms with Crippen molar-refractivity contribution in [3.8, 4) is 11.4 Å². The number of anilines is 1. The highest BCUT2D eigenvalue weighted by molar-refractivity contribution is 5.89. The number of para-hydroxylation sites is 1. The number of carbonyl (C=O) groups excluding carboxylic acids is 1. The highest BCUT2D eigenvalue weighted by atomic mass is 16.1. The van der Waals surface area contributed by atoms with Gasteiger partial charge in [0.15, 0.2) is 0 Å². The van der Waals surface area contributed by atoms with Crippen LogP contribution in [0.5, 0.6) is 0 Å². The molecule has 0 aliphatic rings. The van der Waals surface area contributed by atoms with E-state index in [-0.39, 0.29) is 11.5 Å². The van der Waals surface area contributed by atoms with E-state index >= 15 is 0 Å². The Balaban J connectivity index is 2.12. The molecule has 104 valence electrons. The fourth-order valence-electron chi connectivity index (χ4n) is 2.17. The molecule has 0 saturated carbocycles. The van der Waals surface area contributed by atoms with E-state index in [1.807, 2.05) is 12.1 Å². The molecule has 2 N–H and O–H groups in total. The molecule has 1 aromatic heterocycles. The number of hydrogen-bond donors (Lipinski definition) is 2. The molecule has 0 unspecified atom stereocenters. The third-order valence-corrected chi connectivity index (χ3v) is 3.07. The minimum atomic E-state index is -0.180. The third-order valence-electron chi connectivity index (χ3n) is 3.07. The number of fused-ring (bicyclic) bond motifs is 1. The van der Waals surface area contributed by atoms with Gasteiger partial charge in [0.2, 0.25) is 5.91 Å². The first kappa shape index (κ1) is 13.1. The van der Waals surface area contributed by atoms with Crippen LogP contribution in [0.4, 0.5) is 5.69 Å². The average molecular weight is 279 g/mol. The van der Waals surface area contributed by atoms with Gasteiger partial charge in [-0.3, -0.25) is 9.59 Å². The second-order valence-electron chi connectivity index (χ2n) is 4.69. The molecule has 0 spiro atoms. The molecular weight excluding hydrogens is 266 g/mol. The Hall–Kier alpha value is -2.95. The summed E-state index contributed by atoms with van der Waals surface area (Å²) in [4.78, 5) is 30.4. The summed E-state index contributed by atoms with van der Waals surface area (Å²) in [5.74, 6) is 0.331. The molecule has 0 atom stereocenters. The van der Waals surface area contributed by atoms with E-state index in [1.54, 1.807) is 36.4 Å². The number of nitrogens with one attached hydrogen (secondary N) is 2. The lowest BCUT2D eigenvalue weighted by molar-refractivity contribution is -0.114. The van der Waals surface area contributed by atoms with Crippen LogP contribution in [0.15, 0.2) is 53.3 Å². The van der Waals surface area contributed by atoms with Crippen molar-refractivity contribution in [1.82, 2.24) is 9.97 Å². The van der Waals surface area contributed by atoms with E-state index in [2.05, 4.69) is 15.3 Å². The van der Waals surface area contributed by atoms with Crippen LogP contribution in [0, 0.1) is 0 Å². The number of nitrogens with zero attached hydrogens (tertiary/aromatic N) is 1. The summed E-state index contributed by atoms with van der Waals surface area (Å²) in [5, 5.41) is 3.26. The van der Waals surface area contributed by atoms with Gasteiger partial charge in [0.25, 0.3) is 5.56 Å². The van der Waals surface area contributed by atoms with Gasteiger partial charge in [0.05, 0.1) is 10.9 Å². The number of aromatic nitrogens is 2. The number of benzene rings is 2. The maximum absolute atomic E-state index is 12.1. The third kappa shape index (κ3) is 2.67. The number of hydrogen-bond acceptors (Lipinski definition) is 3. The fourth-order valence-corrected chi connectivity index (χ4v) is 2.17. The Morgan fingerprint density at radius 2 is 1.95 bits per heavy atom. The molecule has 0 aliphatic heterocycles. The van der Waals surface area contributed by atoms with Crippen molar-refractivity contribution in [1.29, 1.82) is 0 Å². The molecule has 0 radical (unpaired) electrons. The fraction of sp³-hybridized carbons (Fsp3) is 0.0625. The zero-order chi connectivity index (χ0) is 14.8. The Morgan fingerprint density at radius 3 is 2.76 bits per heavy atom. The standard InChI is InChI=1S/C16H13N3O2/c1-10(20)17-12-6-4-5-11(9-12)15-18-14-8-3-2-7-13(14)16(21)19-15/h2-9H,1H3,(H,17,20)(H,18,19,21). The van der Waals surface area contributed by atoms with E-state index in [1.165, 1.54) is 6.92 Å². The van der Waals surface area contributed by atoms with E-state index in [0.29, 0.717) is 22.4 Å². The molecule has 0 bridgehead atoms. The van der Waals surface area contributed by atoms with Gasteiger partial charge in [-0.1, -0.05) is 24.3 Å². The molecule has 0 aliphatic carbocycles. The first-order valence-corrected chi connectivity index (χ1v) is 6.50.